The molecule has 28 heavy (non-hydrogen) atoms. The Labute approximate surface area is 154 Å². The Bertz CT molecular complexity index is 767. The number of benzene rings is 1. The molecule has 1 aromatic rings. The van der Waals surface area contributed by atoms with Gasteiger partial charge in [-0.25, -0.2) is 4.79 Å². The van der Waals surface area contributed by atoms with Crippen LogP contribution >= 0.6 is 0 Å². The highest BCUT2D eigenvalue weighted by Crippen LogP contribution is 2.15. The largest absolute Gasteiger partial charge is 0.491 e. The van der Waals surface area contributed by atoms with Crippen molar-refractivity contribution in [3.8, 4) is 5.75 Å². The van der Waals surface area contributed by atoms with Gasteiger partial charge in [-0.1, -0.05) is 11.2 Å². The summed E-state index contributed by atoms with van der Waals surface area (Å²) in [6.07, 6.45) is -6.38. The van der Waals surface area contributed by atoms with E-state index in [0.29, 0.717) is 0 Å². The first-order chi connectivity index (χ1) is 13.1. The normalized spacial score (nSPS) is 11.7. The van der Waals surface area contributed by atoms with Crippen molar-refractivity contribution in [2.24, 2.45) is 5.11 Å². The lowest BCUT2D eigenvalue weighted by molar-refractivity contribution is -0.174. The lowest BCUT2D eigenvalue weighted by Gasteiger charge is -2.13. The van der Waals surface area contributed by atoms with E-state index in [-0.39, 0.29) is 17.9 Å². The molecule has 1 unspecified atom stereocenters. The van der Waals surface area contributed by atoms with Crippen LogP contribution in [0.15, 0.2) is 29.4 Å². The van der Waals surface area contributed by atoms with Crippen molar-refractivity contribution in [2.75, 3.05) is 13.2 Å². The number of carbonyl (C=O) groups excluding carboxylic acids is 2. The molecule has 0 spiro atoms. The van der Waals surface area contributed by atoms with E-state index >= 15 is 0 Å². The SMILES string of the molecule is [N-]=[N+]=NC(COc1cccc(C(=O)NNNC(=O)C(F)(F)F)c1)OCC(=O)O. The maximum atomic E-state index is 12.0. The van der Waals surface area contributed by atoms with E-state index in [1.165, 1.54) is 29.7 Å². The Morgan fingerprint density at radius 1 is 1.29 bits per heavy atom. The second-order valence-corrected chi connectivity index (χ2v) is 4.73. The smallest absolute Gasteiger partial charge is 0.472 e. The first-order valence-corrected chi connectivity index (χ1v) is 7.16. The lowest BCUT2D eigenvalue weighted by atomic mass is 10.2. The molecule has 0 heterocycles. The van der Waals surface area contributed by atoms with E-state index in [2.05, 4.69) is 10.0 Å². The van der Waals surface area contributed by atoms with Crippen molar-refractivity contribution in [2.45, 2.75) is 12.4 Å². The van der Waals surface area contributed by atoms with Gasteiger partial charge >= 0.3 is 18.1 Å². The van der Waals surface area contributed by atoms with E-state index in [9.17, 15) is 27.6 Å². The van der Waals surface area contributed by atoms with Gasteiger partial charge in [0, 0.05) is 10.5 Å². The third-order valence-electron chi connectivity index (χ3n) is 2.68. The third-order valence-corrected chi connectivity index (χ3v) is 2.68. The van der Waals surface area contributed by atoms with Gasteiger partial charge in [-0.05, 0) is 23.7 Å². The molecule has 4 N–H and O–H groups in total. The fraction of sp³-hybridized carbons (Fsp3) is 0.308. The minimum Gasteiger partial charge on any atom is -0.491 e. The van der Waals surface area contributed by atoms with E-state index in [1.807, 2.05) is 5.43 Å². The minimum absolute atomic E-state index is 0.0574. The van der Waals surface area contributed by atoms with Crippen LogP contribution in [0.25, 0.3) is 10.4 Å². The summed E-state index contributed by atoms with van der Waals surface area (Å²) in [6.45, 7) is -1.10. The molecular formula is C13H13F3N6O6. The molecule has 0 aliphatic carbocycles. The third kappa shape index (κ3) is 8.22. The number of nitrogens with one attached hydrogen (secondary N) is 3. The number of aliphatic carboxylic acids is 1. The summed E-state index contributed by atoms with van der Waals surface area (Å²) in [7, 11) is 0. The molecule has 12 nitrogen and oxygen atoms in total. The van der Waals surface area contributed by atoms with Gasteiger partial charge in [-0.15, -0.1) is 5.53 Å². The van der Waals surface area contributed by atoms with Crippen molar-refractivity contribution in [3.05, 3.63) is 40.3 Å². The Kier molecular flexibility index (Phi) is 8.48. The summed E-state index contributed by atoms with van der Waals surface area (Å²) in [5, 5.41) is 11.7. The second-order valence-electron chi connectivity index (χ2n) is 4.73. The molecule has 152 valence electrons. The van der Waals surface area contributed by atoms with Crippen LogP contribution in [0.1, 0.15) is 10.4 Å². The molecule has 0 saturated heterocycles. The fourth-order valence-electron chi connectivity index (χ4n) is 1.52. The number of carboxylic acids is 1. The number of carbonyl (C=O) groups is 3. The van der Waals surface area contributed by atoms with E-state index in [1.54, 1.807) is 5.53 Å². The van der Waals surface area contributed by atoms with Crippen molar-refractivity contribution in [3.63, 3.8) is 0 Å². The molecule has 0 aliphatic rings. The molecule has 1 rings (SSSR count). The van der Waals surface area contributed by atoms with Crippen LogP contribution in [0.3, 0.4) is 0 Å². The molecule has 0 bridgehead atoms. The van der Waals surface area contributed by atoms with Gasteiger partial charge in [0.1, 0.15) is 19.0 Å². The number of halogens is 3. The molecule has 0 aromatic heterocycles. The number of azide groups is 1. The van der Waals surface area contributed by atoms with Crippen molar-refractivity contribution in [1.29, 1.82) is 0 Å². The number of hydrazine groups is 2. The van der Waals surface area contributed by atoms with E-state index in [0.717, 1.165) is 0 Å². The van der Waals surface area contributed by atoms with Crippen LogP contribution in [0.5, 0.6) is 5.75 Å². The van der Waals surface area contributed by atoms with Crippen LogP contribution in [-0.2, 0) is 14.3 Å². The molecule has 2 amide bonds. The molecule has 15 heteroatoms. The molecule has 0 radical (unpaired) electrons. The molecule has 0 saturated carbocycles. The molecule has 1 atom stereocenters. The predicted molar refractivity (Wildman–Crippen MR) is 83.3 cm³/mol. The predicted octanol–water partition coefficient (Wildman–Crippen LogP) is 0.631. The van der Waals surface area contributed by atoms with E-state index in [4.69, 9.17) is 20.1 Å². The molecule has 0 fully saturated rings. The quantitative estimate of drug-likeness (QED) is 0.191. The summed E-state index contributed by atoms with van der Waals surface area (Å²) in [5.74, 6) is -4.41. The van der Waals surface area contributed by atoms with Gasteiger partial charge in [-0.2, -0.15) is 13.2 Å². The highest BCUT2D eigenvalue weighted by atomic mass is 19.4. The van der Waals surface area contributed by atoms with Crippen LogP contribution in [-0.4, -0.2) is 48.5 Å². The Hall–Kier alpha value is -3.55. The van der Waals surface area contributed by atoms with Gasteiger partial charge in [-0.3, -0.25) is 20.4 Å². The zero-order valence-corrected chi connectivity index (χ0v) is 13.8. The van der Waals surface area contributed by atoms with Crippen molar-refractivity contribution in [1.82, 2.24) is 16.4 Å². The number of ether oxygens (including phenoxy) is 2. The van der Waals surface area contributed by atoms with Gasteiger partial charge in [0.15, 0.2) is 6.23 Å². The number of alkyl halides is 3. The summed E-state index contributed by atoms with van der Waals surface area (Å²) >= 11 is 0. The van der Waals surface area contributed by atoms with Crippen molar-refractivity contribution < 1.29 is 42.1 Å². The average Bonchev–Trinajstić information content (AvgIpc) is 2.63. The molecular weight excluding hydrogens is 393 g/mol. The fourth-order valence-corrected chi connectivity index (χ4v) is 1.52. The summed E-state index contributed by atoms with van der Waals surface area (Å²) in [5.41, 5.74) is 13.0. The summed E-state index contributed by atoms with van der Waals surface area (Å²) in [6, 6.07) is 5.26. The first kappa shape index (κ1) is 22.5. The number of amides is 2. The maximum Gasteiger partial charge on any atom is 0.472 e. The first-order valence-electron chi connectivity index (χ1n) is 7.16. The summed E-state index contributed by atoms with van der Waals surface area (Å²) in [4.78, 5) is 35.3. The number of hydrogen-bond donors (Lipinski definition) is 4. The van der Waals surface area contributed by atoms with Crippen LogP contribution < -0.4 is 21.1 Å². The standard InChI is InChI=1S/C13H13F3N6O6/c14-13(15,16)12(26)20-22-19-11(25)7-2-1-3-8(4-7)27-5-9(18-21-17)28-6-10(23)24/h1-4,9,22H,5-6H2,(H,19,25)(H,20,26)(H,23,24). The number of nitrogens with zero attached hydrogens (tertiary/aromatic N) is 3. The van der Waals surface area contributed by atoms with Gasteiger partial charge in [0.05, 0.1) is 0 Å². The van der Waals surface area contributed by atoms with Gasteiger partial charge in [0.2, 0.25) is 0 Å². The van der Waals surface area contributed by atoms with Crippen LogP contribution in [0.4, 0.5) is 13.2 Å². The van der Waals surface area contributed by atoms with Crippen molar-refractivity contribution >= 4 is 17.8 Å². The zero-order chi connectivity index (χ0) is 21.2. The summed E-state index contributed by atoms with van der Waals surface area (Å²) < 4.78 is 46.0. The van der Waals surface area contributed by atoms with Crippen LogP contribution in [0, 0.1) is 0 Å². The highest BCUT2D eigenvalue weighted by molar-refractivity contribution is 5.94. The molecule has 1 aromatic carbocycles. The van der Waals surface area contributed by atoms with E-state index < -0.39 is 36.8 Å². The van der Waals surface area contributed by atoms with Gasteiger partial charge in [0.25, 0.3) is 5.91 Å². The van der Waals surface area contributed by atoms with Gasteiger partial charge < -0.3 is 14.6 Å². The Balaban J connectivity index is 2.60. The topological polar surface area (TPSA) is 175 Å². The Morgan fingerprint density at radius 3 is 2.61 bits per heavy atom. The highest BCUT2D eigenvalue weighted by Gasteiger charge is 2.38. The zero-order valence-electron chi connectivity index (χ0n) is 13.8. The second kappa shape index (κ2) is 10.6. The Morgan fingerprint density at radius 2 is 2.00 bits per heavy atom. The van der Waals surface area contributed by atoms with Crippen LogP contribution in [0.2, 0.25) is 0 Å². The monoisotopic (exact) mass is 406 g/mol. The minimum atomic E-state index is -5.13. The number of carboxylic acid groups (broad SMARTS) is 1. The molecule has 0 aliphatic heterocycles. The number of hydrogen-bond acceptors (Lipinski definition) is 7. The average molecular weight is 406 g/mol. The number of rotatable bonds is 10. The maximum absolute atomic E-state index is 12.0. The lowest BCUT2D eigenvalue weighted by Crippen LogP contribution is -2.53.